The van der Waals surface area contributed by atoms with Crippen molar-refractivity contribution in [3.05, 3.63) is 172 Å². The fraction of sp³-hybridized carbons (Fsp3) is 0.294. The molecule has 260 valence electrons. The van der Waals surface area contributed by atoms with Gasteiger partial charge in [-0.15, -0.1) is 0 Å². The highest BCUT2D eigenvalue weighted by Crippen LogP contribution is 2.54. The van der Waals surface area contributed by atoms with E-state index in [0.29, 0.717) is 5.92 Å². The minimum atomic E-state index is -0.118. The van der Waals surface area contributed by atoms with E-state index in [1.54, 1.807) is 0 Å². The molecular weight excluding hydrogens is 627 g/mol. The SMILES string of the molecule is CC1(C)c2cc(N(c3ccc(C4CCCCCCC4)cc3)c3cc4ccc3CCc3ccc(cc3)CC4)ccc2-c2c(-c3ccccc3)cccc21. The summed E-state index contributed by atoms with van der Waals surface area (Å²) >= 11 is 0. The summed E-state index contributed by atoms with van der Waals surface area (Å²) in [4.78, 5) is 2.59. The molecule has 1 fully saturated rings. The predicted molar refractivity (Wildman–Crippen MR) is 220 cm³/mol. The minimum Gasteiger partial charge on any atom is -0.310 e. The van der Waals surface area contributed by atoms with Crippen molar-refractivity contribution in [1.29, 1.82) is 0 Å². The van der Waals surface area contributed by atoms with Gasteiger partial charge in [-0.1, -0.05) is 149 Å². The summed E-state index contributed by atoms with van der Waals surface area (Å²) in [5.41, 5.74) is 19.0. The summed E-state index contributed by atoms with van der Waals surface area (Å²) < 4.78 is 0. The smallest absolute Gasteiger partial charge is 0.0496 e. The second-order valence-corrected chi connectivity index (χ2v) is 16.2. The van der Waals surface area contributed by atoms with Crippen LogP contribution in [0.2, 0.25) is 0 Å². The van der Waals surface area contributed by atoms with E-state index >= 15 is 0 Å². The molecule has 0 N–H and O–H groups in total. The van der Waals surface area contributed by atoms with Gasteiger partial charge >= 0.3 is 0 Å². The number of fused-ring (bicyclic) bond motifs is 3. The lowest BCUT2D eigenvalue weighted by molar-refractivity contribution is 0.455. The van der Waals surface area contributed by atoms with Gasteiger partial charge in [-0.25, -0.2) is 0 Å². The quantitative estimate of drug-likeness (QED) is 0.176. The molecule has 52 heavy (non-hydrogen) atoms. The van der Waals surface area contributed by atoms with Crippen LogP contribution in [-0.4, -0.2) is 0 Å². The van der Waals surface area contributed by atoms with Gasteiger partial charge in [0.1, 0.15) is 0 Å². The highest BCUT2D eigenvalue weighted by atomic mass is 15.1. The van der Waals surface area contributed by atoms with E-state index in [0.717, 1.165) is 25.7 Å². The van der Waals surface area contributed by atoms with Crippen LogP contribution in [0.1, 0.15) is 104 Å². The first-order valence-corrected chi connectivity index (χ1v) is 20.0. The van der Waals surface area contributed by atoms with Crippen molar-refractivity contribution in [3.63, 3.8) is 0 Å². The van der Waals surface area contributed by atoms with E-state index in [-0.39, 0.29) is 5.41 Å². The van der Waals surface area contributed by atoms with Crippen molar-refractivity contribution in [2.45, 2.75) is 95.8 Å². The summed E-state index contributed by atoms with van der Waals surface area (Å²) in [5, 5.41) is 0. The Hall–Kier alpha value is -4.88. The van der Waals surface area contributed by atoms with Crippen molar-refractivity contribution in [1.82, 2.24) is 0 Å². The molecule has 6 aromatic rings. The molecule has 1 nitrogen and oxygen atoms in total. The number of hydrogen-bond acceptors (Lipinski definition) is 1. The van der Waals surface area contributed by atoms with Crippen LogP contribution in [0.5, 0.6) is 0 Å². The highest BCUT2D eigenvalue weighted by Gasteiger charge is 2.37. The molecule has 0 atom stereocenters. The molecule has 1 heteroatoms. The topological polar surface area (TPSA) is 3.24 Å². The van der Waals surface area contributed by atoms with Gasteiger partial charge in [0.15, 0.2) is 0 Å². The molecule has 6 aliphatic rings. The lowest BCUT2D eigenvalue weighted by Gasteiger charge is -2.31. The Morgan fingerprint density at radius 1 is 0.500 bits per heavy atom. The molecule has 0 heterocycles. The molecule has 0 aromatic heterocycles. The monoisotopic (exact) mass is 677 g/mol. The number of hydrogen-bond donors (Lipinski definition) is 0. The fourth-order valence-corrected chi connectivity index (χ4v) is 9.51. The summed E-state index contributed by atoms with van der Waals surface area (Å²) in [6.07, 6.45) is 13.7. The summed E-state index contributed by atoms with van der Waals surface area (Å²) in [6.45, 7) is 4.83. The number of benzene rings is 6. The first-order valence-electron chi connectivity index (χ1n) is 20.0. The van der Waals surface area contributed by atoms with Crippen molar-refractivity contribution in [2.75, 3.05) is 4.90 Å². The second kappa shape index (κ2) is 13.9. The predicted octanol–water partition coefficient (Wildman–Crippen LogP) is 13.8. The van der Waals surface area contributed by atoms with Gasteiger partial charge in [-0.3, -0.25) is 0 Å². The Labute approximate surface area is 311 Å². The summed E-state index contributed by atoms with van der Waals surface area (Å²) in [6, 6.07) is 51.6. The van der Waals surface area contributed by atoms with Crippen LogP contribution < -0.4 is 4.90 Å². The maximum absolute atomic E-state index is 2.59. The van der Waals surface area contributed by atoms with E-state index in [2.05, 4.69) is 152 Å². The molecule has 6 aromatic carbocycles. The second-order valence-electron chi connectivity index (χ2n) is 16.2. The molecule has 4 bridgehead atoms. The van der Waals surface area contributed by atoms with Crippen molar-refractivity contribution in [2.24, 2.45) is 0 Å². The van der Waals surface area contributed by atoms with E-state index in [4.69, 9.17) is 0 Å². The molecule has 0 spiro atoms. The largest absolute Gasteiger partial charge is 0.310 e. The van der Waals surface area contributed by atoms with Gasteiger partial charge in [0, 0.05) is 22.5 Å². The minimum absolute atomic E-state index is 0.118. The van der Waals surface area contributed by atoms with E-state index in [9.17, 15) is 0 Å². The third-order valence-electron chi connectivity index (χ3n) is 12.6. The molecule has 0 unspecified atom stereocenters. The van der Waals surface area contributed by atoms with Crippen LogP contribution in [-0.2, 0) is 31.1 Å². The summed E-state index contributed by atoms with van der Waals surface area (Å²) in [7, 11) is 0. The van der Waals surface area contributed by atoms with E-state index in [1.165, 1.54) is 123 Å². The lowest BCUT2D eigenvalue weighted by Crippen LogP contribution is -2.17. The zero-order valence-corrected chi connectivity index (χ0v) is 31.0. The molecular formula is C51H51N. The van der Waals surface area contributed by atoms with Crippen LogP contribution >= 0.6 is 0 Å². The van der Waals surface area contributed by atoms with Gasteiger partial charge in [0.05, 0.1) is 0 Å². The number of anilines is 3. The third kappa shape index (κ3) is 6.19. The van der Waals surface area contributed by atoms with Crippen LogP contribution in [0.4, 0.5) is 17.1 Å². The van der Waals surface area contributed by atoms with Crippen LogP contribution in [0.15, 0.2) is 133 Å². The Morgan fingerprint density at radius 3 is 1.90 bits per heavy atom. The Balaban J connectivity index is 1.18. The molecule has 0 aliphatic heterocycles. The first kappa shape index (κ1) is 33.0. The molecule has 0 saturated heterocycles. The maximum Gasteiger partial charge on any atom is 0.0496 e. The Bertz CT molecular complexity index is 2180. The Kier molecular flexibility index (Phi) is 8.83. The van der Waals surface area contributed by atoms with E-state index in [1.807, 2.05) is 0 Å². The zero-order valence-electron chi connectivity index (χ0n) is 31.0. The van der Waals surface area contributed by atoms with Gasteiger partial charge in [-0.2, -0.15) is 0 Å². The number of aryl methyl sites for hydroxylation is 4. The van der Waals surface area contributed by atoms with Crippen molar-refractivity contribution < 1.29 is 0 Å². The average molecular weight is 678 g/mol. The summed E-state index contributed by atoms with van der Waals surface area (Å²) in [5.74, 6) is 0.677. The fourth-order valence-electron chi connectivity index (χ4n) is 9.51. The standard InChI is InChI=1S/C51H51N/c1-51(2)47-17-11-16-45(41-14-9-6-10-15-41)50(47)46-33-32-44(35-48(46)51)52(43-30-28-40(29-31-43)39-12-7-4-3-5-8-13-39)49-34-38-23-22-36-18-20-37(21-19-36)24-26-42(49)27-25-38/h6,9-11,14-21,25,27-35,39H,3-5,7-8,12-13,22-24,26H2,1-2H3. The highest BCUT2D eigenvalue weighted by molar-refractivity contribution is 5.94. The molecule has 12 rings (SSSR count). The van der Waals surface area contributed by atoms with Gasteiger partial charge in [0.25, 0.3) is 0 Å². The maximum atomic E-state index is 2.59. The molecule has 0 amide bonds. The number of nitrogens with zero attached hydrogens (tertiary/aromatic N) is 1. The van der Waals surface area contributed by atoms with Gasteiger partial charge in [-0.05, 0) is 136 Å². The normalized spacial score (nSPS) is 16.7. The van der Waals surface area contributed by atoms with Gasteiger partial charge in [0.2, 0.25) is 0 Å². The van der Waals surface area contributed by atoms with Crippen LogP contribution in [0.3, 0.4) is 0 Å². The molecule has 6 aliphatic carbocycles. The van der Waals surface area contributed by atoms with Gasteiger partial charge < -0.3 is 4.90 Å². The van der Waals surface area contributed by atoms with E-state index < -0.39 is 0 Å². The average Bonchev–Trinajstić information content (AvgIpc) is 3.39. The van der Waals surface area contributed by atoms with Crippen molar-refractivity contribution >= 4 is 17.1 Å². The Morgan fingerprint density at radius 2 is 1.15 bits per heavy atom. The molecule has 1 saturated carbocycles. The van der Waals surface area contributed by atoms with Crippen LogP contribution in [0, 0.1) is 0 Å². The lowest BCUT2D eigenvalue weighted by atomic mass is 9.81. The van der Waals surface area contributed by atoms with Crippen molar-refractivity contribution in [3.8, 4) is 22.3 Å². The molecule has 0 radical (unpaired) electrons. The third-order valence-corrected chi connectivity index (χ3v) is 12.6. The first-order chi connectivity index (χ1) is 25.5. The zero-order chi connectivity index (χ0) is 35.1. The van der Waals surface area contributed by atoms with Crippen LogP contribution in [0.25, 0.3) is 22.3 Å². The number of rotatable bonds is 5.